The molecule has 0 saturated heterocycles. The van der Waals surface area contributed by atoms with E-state index in [9.17, 15) is 9.59 Å². The summed E-state index contributed by atoms with van der Waals surface area (Å²) in [6.07, 6.45) is 0. The lowest BCUT2D eigenvalue weighted by Crippen LogP contribution is -2.04. The minimum Gasteiger partial charge on any atom is -0.462 e. The third-order valence-corrected chi connectivity index (χ3v) is 7.04. The van der Waals surface area contributed by atoms with Crippen molar-refractivity contribution in [3.05, 3.63) is 120 Å². The molecular weight excluding hydrogens is 552 g/mol. The summed E-state index contributed by atoms with van der Waals surface area (Å²) in [5.41, 5.74) is 7.36. The van der Waals surface area contributed by atoms with Crippen molar-refractivity contribution in [2.75, 3.05) is 23.8 Å². The Morgan fingerprint density at radius 1 is 0.568 bits per heavy atom. The zero-order valence-corrected chi connectivity index (χ0v) is 24.3. The first-order valence-corrected chi connectivity index (χ1v) is 14.4. The van der Waals surface area contributed by atoms with Crippen molar-refractivity contribution in [2.45, 2.75) is 13.8 Å². The Kier molecular flexibility index (Phi) is 8.14. The Labute approximate surface area is 254 Å². The van der Waals surface area contributed by atoms with Crippen molar-refractivity contribution < 1.29 is 19.1 Å². The van der Waals surface area contributed by atoms with E-state index in [0.717, 1.165) is 44.6 Å². The number of ether oxygens (including phenoxy) is 2. The van der Waals surface area contributed by atoms with Crippen molar-refractivity contribution in [3.63, 3.8) is 0 Å². The van der Waals surface area contributed by atoms with Gasteiger partial charge < -0.3 is 20.1 Å². The number of pyridine rings is 2. The van der Waals surface area contributed by atoms with Crippen LogP contribution in [0, 0.1) is 0 Å². The normalized spacial score (nSPS) is 10.9. The van der Waals surface area contributed by atoms with Gasteiger partial charge in [-0.2, -0.15) is 0 Å². The average Bonchev–Trinajstić information content (AvgIpc) is 3.05. The first-order chi connectivity index (χ1) is 21.5. The summed E-state index contributed by atoms with van der Waals surface area (Å²) in [6, 6.07) is 34.2. The van der Waals surface area contributed by atoms with Gasteiger partial charge in [0.25, 0.3) is 0 Å². The molecule has 0 aliphatic heterocycles. The van der Waals surface area contributed by atoms with Crippen LogP contribution in [0.2, 0.25) is 0 Å². The molecule has 0 saturated carbocycles. The van der Waals surface area contributed by atoms with Crippen molar-refractivity contribution in [1.29, 1.82) is 0 Å². The van der Waals surface area contributed by atoms with E-state index in [-0.39, 0.29) is 11.9 Å². The second-order valence-electron chi connectivity index (χ2n) is 9.99. The molecule has 0 bridgehead atoms. The summed E-state index contributed by atoms with van der Waals surface area (Å²) in [7, 11) is 0. The third-order valence-electron chi connectivity index (χ3n) is 7.04. The zero-order valence-electron chi connectivity index (χ0n) is 24.3. The summed E-state index contributed by atoms with van der Waals surface area (Å²) in [4.78, 5) is 34.2. The topological polar surface area (TPSA) is 102 Å². The number of esters is 2. The molecule has 2 N–H and O–H groups in total. The van der Waals surface area contributed by atoms with Gasteiger partial charge in [-0.15, -0.1) is 0 Å². The molecule has 44 heavy (non-hydrogen) atoms. The standard InChI is InChI=1S/C36H30N4O4/c1-3-43-35(41)23-13-17-25(18-14-23)37-31-21-33(39-29-11-7-5-9-27(29)31)34-22-32(28-10-6-8-12-30(28)40-34)38-26-19-15-24(16-20-26)36(42)44-4-2/h5-22H,3-4H2,1-2H3,(H,37,39)(H,38,40). The first kappa shape index (κ1) is 28.4. The van der Waals surface area contributed by atoms with Crippen LogP contribution in [0.5, 0.6) is 0 Å². The molecule has 0 aliphatic rings. The van der Waals surface area contributed by atoms with E-state index < -0.39 is 0 Å². The predicted octanol–water partition coefficient (Wildman–Crippen LogP) is 8.29. The van der Waals surface area contributed by atoms with Crippen LogP contribution in [0.1, 0.15) is 34.6 Å². The second kappa shape index (κ2) is 12.6. The number of anilines is 4. The quantitative estimate of drug-likeness (QED) is 0.164. The van der Waals surface area contributed by atoms with E-state index in [2.05, 4.69) is 10.6 Å². The van der Waals surface area contributed by atoms with Crippen LogP contribution in [0.15, 0.2) is 109 Å². The van der Waals surface area contributed by atoms with Crippen LogP contribution in [0.25, 0.3) is 33.2 Å². The molecule has 0 aliphatic carbocycles. The van der Waals surface area contributed by atoms with Crippen LogP contribution in [-0.2, 0) is 9.47 Å². The lowest BCUT2D eigenvalue weighted by atomic mass is 10.1. The minimum atomic E-state index is -0.350. The van der Waals surface area contributed by atoms with Crippen LogP contribution < -0.4 is 10.6 Å². The summed E-state index contributed by atoms with van der Waals surface area (Å²) >= 11 is 0. The Bertz CT molecular complexity index is 1830. The van der Waals surface area contributed by atoms with E-state index in [1.807, 2.05) is 84.9 Å². The molecule has 0 spiro atoms. The molecule has 0 radical (unpaired) electrons. The van der Waals surface area contributed by atoms with Crippen molar-refractivity contribution in [2.24, 2.45) is 0 Å². The first-order valence-electron chi connectivity index (χ1n) is 14.4. The van der Waals surface area contributed by atoms with Crippen molar-refractivity contribution in [1.82, 2.24) is 9.97 Å². The summed E-state index contributed by atoms with van der Waals surface area (Å²) in [6.45, 7) is 4.22. The molecule has 6 aromatic rings. The van der Waals surface area contributed by atoms with Gasteiger partial charge in [-0.05, 0) is 86.6 Å². The lowest BCUT2D eigenvalue weighted by Gasteiger charge is -2.15. The number of carbonyl (C=O) groups is 2. The molecule has 6 rings (SSSR count). The van der Waals surface area contributed by atoms with Gasteiger partial charge in [0, 0.05) is 22.1 Å². The number of aromatic nitrogens is 2. The van der Waals surface area contributed by atoms with E-state index in [0.29, 0.717) is 35.7 Å². The van der Waals surface area contributed by atoms with E-state index in [4.69, 9.17) is 19.4 Å². The number of carbonyl (C=O) groups excluding carboxylic acids is 2. The van der Waals surface area contributed by atoms with Gasteiger partial charge in [0.15, 0.2) is 0 Å². The molecule has 2 heterocycles. The van der Waals surface area contributed by atoms with Crippen LogP contribution in [0.4, 0.5) is 22.7 Å². The Balaban J connectivity index is 1.37. The number of nitrogens with one attached hydrogen (secondary N) is 2. The molecule has 0 unspecified atom stereocenters. The lowest BCUT2D eigenvalue weighted by molar-refractivity contribution is 0.0517. The third kappa shape index (κ3) is 6.05. The average molecular weight is 583 g/mol. The highest BCUT2D eigenvalue weighted by Gasteiger charge is 2.14. The molecule has 8 nitrogen and oxygen atoms in total. The number of hydrogen-bond donors (Lipinski definition) is 2. The Morgan fingerprint density at radius 3 is 1.34 bits per heavy atom. The highest BCUT2D eigenvalue weighted by Crippen LogP contribution is 2.34. The number of nitrogens with zero attached hydrogens (tertiary/aromatic N) is 2. The van der Waals surface area contributed by atoms with Crippen molar-refractivity contribution >= 4 is 56.5 Å². The maximum Gasteiger partial charge on any atom is 0.338 e. The largest absolute Gasteiger partial charge is 0.462 e. The summed E-state index contributed by atoms with van der Waals surface area (Å²) in [5.74, 6) is -0.699. The SMILES string of the molecule is CCOC(=O)c1ccc(Nc2cc(-c3cc(Nc4ccc(C(=O)OCC)cc4)c4ccccc4n3)nc3ccccc23)cc1. The number of fused-ring (bicyclic) bond motifs is 2. The van der Waals surface area contributed by atoms with Gasteiger partial charge in [0.05, 0.1) is 58.1 Å². The molecule has 2 aromatic heterocycles. The highest BCUT2D eigenvalue weighted by atomic mass is 16.5. The monoisotopic (exact) mass is 582 g/mol. The molecule has 0 atom stereocenters. The molecule has 218 valence electrons. The molecule has 0 amide bonds. The van der Waals surface area contributed by atoms with Gasteiger partial charge in [-0.1, -0.05) is 36.4 Å². The fourth-order valence-corrected chi connectivity index (χ4v) is 4.94. The maximum absolute atomic E-state index is 12.1. The summed E-state index contributed by atoms with van der Waals surface area (Å²) in [5, 5.41) is 8.89. The minimum absolute atomic E-state index is 0.326. The Hall–Kier alpha value is -5.76. The fourth-order valence-electron chi connectivity index (χ4n) is 4.94. The van der Waals surface area contributed by atoms with E-state index in [1.165, 1.54) is 0 Å². The van der Waals surface area contributed by atoms with Gasteiger partial charge in [-0.25, -0.2) is 19.6 Å². The van der Waals surface area contributed by atoms with Crippen LogP contribution in [-0.4, -0.2) is 35.1 Å². The highest BCUT2D eigenvalue weighted by molar-refractivity contribution is 5.98. The predicted molar refractivity (Wildman–Crippen MR) is 174 cm³/mol. The van der Waals surface area contributed by atoms with E-state index >= 15 is 0 Å². The summed E-state index contributed by atoms with van der Waals surface area (Å²) < 4.78 is 10.2. The number of para-hydroxylation sites is 2. The molecule has 4 aromatic carbocycles. The number of hydrogen-bond acceptors (Lipinski definition) is 8. The van der Waals surface area contributed by atoms with Gasteiger partial charge >= 0.3 is 11.9 Å². The molecule has 0 fully saturated rings. The van der Waals surface area contributed by atoms with Gasteiger partial charge in [0.1, 0.15) is 0 Å². The maximum atomic E-state index is 12.1. The fraction of sp³-hybridized carbons (Fsp3) is 0.111. The second-order valence-corrected chi connectivity index (χ2v) is 9.99. The molecular formula is C36H30N4O4. The zero-order chi connectivity index (χ0) is 30.5. The number of rotatable bonds is 9. The number of benzene rings is 4. The van der Waals surface area contributed by atoms with Gasteiger partial charge in [0.2, 0.25) is 0 Å². The smallest absolute Gasteiger partial charge is 0.338 e. The van der Waals surface area contributed by atoms with E-state index in [1.54, 1.807) is 38.1 Å². The van der Waals surface area contributed by atoms with Crippen molar-refractivity contribution in [3.8, 4) is 11.4 Å². The molecule has 8 heteroatoms. The Morgan fingerprint density at radius 2 is 0.955 bits per heavy atom. The van der Waals surface area contributed by atoms with Gasteiger partial charge in [-0.3, -0.25) is 0 Å². The van der Waals surface area contributed by atoms with Crippen LogP contribution >= 0.6 is 0 Å². The van der Waals surface area contributed by atoms with Crippen LogP contribution in [0.3, 0.4) is 0 Å².